The van der Waals surface area contributed by atoms with Crippen molar-refractivity contribution in [1.82, 2.24) is 5.32 Å². The fourth-order valence-electron chi connectivity index (χ4n) is 0.671. The number of ether oxygens (including phenoxy) is 1. The summed E-state index contributed by atoms with van der Waals surface area (Å²) in [5.74, 6) is -0.564. The highest BCUT2D eigenvalue weighted by Crippen LogP contribution is 2.07. The molecule has 82 valence electrons. The van der Waals surface area contributed by atoms with Gasteiger partial charge >= 0.3 is 12.0 Å². The van der Waals surface area contributed by atoms with Crippen molar-refractivity contribution in [2.75, 3.05) is 6.54 Å². The summed E-state index contributed by atoms with van der Waals surface area (Å²) in [6, 6.07) is -1.61. The van der Waals surface area contributed by atoms with E-state index in [2.05, 4.69) is 5.32 Å². The molecule has 0 aromatic heterocycles. The van der Waals surface area contributed by atoms with Crippen LogP contribution in [0.4, 0.5) is 4.79 Å². The maximum absolute atomic E-state index is 11.2. The number of esters is 1. The molecule has 14 heavy (non-hydrogen) atoms. The Balaban J connectivity index is 3.94. The molecule has 0 aliphatic carbocycles. The van der Waals surface area contributed by atoms with Crippen LogP contribution in [-0.4, -0.2) is 30.2 Å². The largest absolute Gasteiger partial charge is 0.459 e. The number of hydrogen-bond donors (Lipinski definition) is 3. The lowest BCUT2D eigenvalue weighted by Gasteiger charge is -2.22. The summed E-state index contributed by atoms with van der Waals surface area (Å²) in [6.07, 6.45) is 0. The van der Waals surface area contributed by atoms with Crippen LogP contribution in [-0.2, 0) is 9.53 Å². The van der Waals surface area contributed by atoms with Gasteiger partial charge in [-0.05, 0) is 20.8 Å². The Labute approximate surface area is 83.0 Å². The average molecular weight is 203 g/mol. The Morgan fingerprint density at radius 2 is 1.93 bits per heavy atom. The molecule has 6 nitrogen and oxygen atoms in total. The molecule has 0 unspecified atom stereocenters. The number of nitrogens with one attached hydrogen (secondary N) is 1. The number of rotatable bonds is 3. The molecule has 0 radical (unpaired) electrons. The molecule has 0 aromatic rings. The fraction of sp³-hybridized carbons (Fsp3) is 0.750. The minimum absolute atomic E-state index is 0.0236. The van der Waals surface area contributed by atoms with Crippen molar-refractivity contribution in [2.45, 2.75) is 32.4 Å². The molecule has 2 amide bonds. The fourth-order valence-corrected chi connectivity index (χ4v) is 0.671. The van der Waals surface area contributed by atoms with Gasteiger partial charge in [0.2, 0.25) is 0 Å². The van der Waals surface area contributed by atoms with E-state index in [0.717, 1.165) is 0 Å². The second-order valence-electron chi connectivity index (χ2n) is 3.89. The van der Waals surface area contributed by atoms with Gasteiger partial charge < -0.3 is 21.5 Å². The van der Waals surface area contributed by atoms with E-state index < -0.39 is 23.6 Å². The lowest BCUT2D eigenvalue weighted by Crippen LogP contribution is -2.46. The molecular formula is C8H17N3O3. The van der Waals surface area contributed by atoms with Gasteiger partial charge in [-0.2, -0.15) is 0 Å². The lowest BCUT2D eigenvalue weighted by molar-refractivity contribution is -0.156. The summed E-state index contributed by atoms with van der Waals surface area (Å²) < 4.78 is 4.98. The average Bonchev–Trinajstić information content (AvgIpc) is 1.96. The minimum atomic E-state index is -0.887. The van der Waals surface area contributed by atoms with Crippen LogP contribution < -0.4 is 16.8 Å². The predicted octanol–water partition coefficient (Wildman–Crippen LogP) is -0.676. The highest BCUT2D eigenvalue weighted by molar-refractivity contribution is 5.78. The first kappa shape index (κ1) is 12.7. The van der Waals surface area contributed by atoms with Crippen LogP contribution in [0.25, 0.3) is 0 Å². The molecule has 0 fully saturated rings. The van der Waals surface area contributed by atoms with E-state index >= 15 is 0 Å². The van der Waals surface area contributed by atoms with Gasteiger partial charge in [-0.1, -0.05) is 0 Å². The van der Waals surface area contributed by atoms with Crippen LogP contribution in [0.3, 0.4) is 0 Å². The Morgan fingerprint density at radius 1 is 1.43 bits per heavy atom. The van der Waals surface area contributed by atoms with E-state index in [1.54, 1.807) is 20.8 Å². The number of nitrogens with two attached hydrogens (primary N) is 2. The summed E-state index contributed by atoms with van der Waals surface area (Å²) in [5.41, 5.74) is 9.66. The van der Waals surface area contributed by atoms with Gasteiger partial charge in [0.15, 0.2) is 0 Å². The molecule has 0 heterocycles. The molecule has 0 spiro atoms. The zero-order valence-electron chi connectivity index (χ0n) is 8.66. The van der Waals surface area contributed by atoms with Crippen molar-refractivity contribution in [3.63, 3.8) is 0 Å². The summed E-state index contributed by atoms with van der Waals surface area (Å²) in [5, 5.41) is 2.22. The highest BCUT2D eigenvalue weighted by Gasteiger charge is 2.21. The zero-order valence-corrected chi connectivity index (χ0v) is 8.66. The molecule has 5 N–H and O–H groups in total. The van der Waals surface area contributed by atoms with Gasteiger partial charge in [0.05, 0.1) is 0 Å². The van der Waals surface area contributed by atoms with E-state index in [1.165, 1.54) is 0 Å². The van der Waals surface area contributed by atoms with E-state index in [-0.39, 0.29) is 6.54 Å². The number of amides is 2. The topological polar surface area (TPSA) is 107 Å². The molecule has 6 heteroatoms. The van der Waals surface area contributed by atoms with Crippen LogP contribution in [0.15, 0.2) is 0 Å². The van der Waals surface area contributed by atoms with Gasteiger partial charge in [-0.3, -0.25) is 4.79 Å². The van der Waals surface area contributed by atoms with Crippen molar-refractivity contribution >= 4 is 12.0 Å². The van der Waals surface area contributed by atoms with Crippen molar-refractivity contribution in [1.29, 1.82) is 0 Å². The first-order valence-electron chi connectivity index (χ1n) is 4.24. The predicted molar refractivity (Wildman–Crippen MR) is 51.4 cm³/mol. The standard InChI is InChI=1S/C8H17N3O3/c1-8(2,3)14-6(12)5(9)4-11-7(10)13/h5H,4,9H2,1-3H3,(H3,10,11,13)/t5-/m0/s1. The molecule has 0 aliphatic rings. The maximum Gasteiger partial charge on any atom is 0.325 e. The molecule has 0 rings (SSSR count). The Hall–Kier alpha value is -1.30. The van der Waals surface area contributed by atoms with Crippen LogP contribution in [0.5, 0.6) is 0 Å². The number of carbonyl (C=O) groups is 2. The second kappa shape index (κ2) is 4.80. The first-order chi connectivity index (χ1) is 6.22. The van der Waals surface area contributed by atoms with Crippen molar-refractivity contribution in [2.24, 2.45) is 11.5 Å². The number of carbonyl (C=O) groups excluding carboxylic acids is 2. The van der Waals surface area contributed by atoms with Gasteiger partial charge in [0, 0.05) is 6.54 Å². The van der Waals surface area contributed by atoms with Crippen LogP contribution in [0, 0.1) is 0 Å². The van der Waals surface area contributed by atoms with E-state index in [4.69, 9.17) is 16.2 Å². The SMILES string of the molecule is CC(C)(C)OC(=O)[C@@H](N)CNC(N)=O. The summed E-state index contributed by atoms with van der Waals surface area (Å²) >= 11 is 0. The monoisotopic (exact) mass is 203 g/mol. The number of primary amides is 1. The number of hydrogen-bond acceptors (Lipinski definition) is 4. The Bertz CT molecular complexity index is 222. The van der Waals surface area contributed by atoms with E-state index in [9.17, 15) is 9.59 Å². The zero-order chi connectivity index (χ0) is 11.4. The van der Waals surface area contributed by atoms with Crippen molar-refractivity contribution in [3.8, 4) is 0 Å². The quantitative estimate of drug-likeness (QED) is 0.528. The molecule has 1 atom stereocenters. The Kier molecular flexibility index (Phi) is 4.36. The minimum Gasteiger partial charge on any atom is -0.459 e. The van der Waals surface area contributed by atoms with Crippen LogP contribution in [0.1, 0.15) is 20.8 Å². The summed E-state index contributed by atoms with van der Waals surface area (Å²) in [4.78, 5) is 21.5. The highest BCUT2D eigenvalue weighted by atomic mass is 16.6. The van der Waals surface area contributed by atoms with Gasteiger partial charge in [0.25, 0.3) is 0 Å². The van der Waals surface area contributed by atoms with E-state index in [0.29, 0.717) is 0 Å². The smallest absolute Gasteiger partial charge is 0.325 e. The summed E-state index contributed by atoms with van der Waals surface area (Å²) in [7, 11) is 0. The van der Waals surface area contributed by atoms with Crippen LogP contribution in [0.2, 0.25) is 0 Å². The first-order valence-corrected chi connectivity index (χ1v) is 4.24. The lowest BCUT2D eigenvalue weighted by atomic mass is 10.2. The molecular weight excluding hydrogens is 186 g/mol. The third kappa shape index (κ3) is 6.24. The molecule has 0 bridgehead atoms. The normalized spacial score (nSPS) is 13.1. The van der Waals surface area contributed by atoms with Crippen molar-refractivity contribution < 1.29 is 14.3 Å². The molecule has 0 aromatic carbocycles. The van der Waals surface area contributed by atoms with Gasteiger partial charge in [-0.25, -0.2) is 4.79 Å². The molecule has 0 saturated carbocycles. The van der Waals surface area contributed by atoms with Crippen molar-refractivity contribution in [3.05, 3.63) is 0 Å². The molecule has 0 aliphatic heterocycles. The molecule has 0 saturated heterocycles. The Morgan fingerprint density at radius 3 is 2.29 bits per heavy atom. The maximum atomic E-state index is 11.2. The van der Waals surface area contributed by atoms with E-state index in [1.807, 2.05) is 0 Å². The van der Waals surface area contributed by atoms with Crippen LogP contribution >= 0.6 is 0 Å². The van der Waals surface area contributed by atoms with Gasteiger partial charge in [0.1, 0.15) is 11.6 Å². The van der Waals surface area contributed by atoms with Gasteiger partial charge in [-0.15, -0.1) is 0 Å². The third-order valence-electron chi connectivity index (χ3n) is 1.21. The third-order valence-corrected chi connectivity index (χ3v) is 1.21. The summed E-state index contributed by atoms with van der Waals surface area (Å²) in [6.45, 7) is 5.18. The number of urea groups is 1. The second-order valence-corrected chi connectivity index (χ2v) is 3.89.